The lowest BCUT2D eigenvalue weighted by Gasteiger charge is -2.08. The van der Waals surface area contributed by atoms with Crippen molar-refractivity contribution in [3.05, 3.63) is 65.0 Å². The van der Waals surface area contributed by atoms with E-state index in [-0.39, 0.29) is 5.82 Å². The van der Waals surface area contributed by atoms with E-state index < -0.39 is 5.97 Å². The van der Waals surface area contributed by atoms with Crippen molar-refractivity contribution < 1.29 is 13.9 Å². The van der Waals surface area contributed by atoms with E-state index in [0.717, 1.165) is 11.1 Å². The van der Waals surface area contributed by atoms with Crippen LogP contribution in [0.5, 0.6) is 5.75 Å². The Morgan fingerprint density at radius 3 is 2.39 bits per heavy atom. The van der Waals surface area contributed by atoms with Gasteiger partial charge in [0.25, 0.3) is 0 Å². The zero-order valence-corrected chi connectivity index (χ0v) is 10.2. The summed E-state index contributed by atoms with van der Waals surface area (Å²) >= 11 is 0. The van der Waals surface area contributed by atoms with Crippen LogP contribution < -0.4 is 4.74 Å². The van der Waals surface area contributed by atoms with Crippen LogP contribution in [-0.4, -0.2) is 5.97 Å². The number of halogens is 1. The second-order valence-corrected chi connectivity index (χ2v) is 4.17. The average Bonchev–Trinajstić information content (AvgIpc) is 2.34. The fourth-order valence-electron chi connectivity index (χ4n) is 1.56. The molecule has 18 heavy (non-hydrogen) atoms. The summed E-state index contributed by atoms with van der Waals surface area (Å²) in [5.41, 5.74) is 2.23. The van der Waals surface area contributed by atoms with E-state index in [2.05, 4.69) is 0 Å². The van der Waals surface area contributed by atoms with Crippen LogP contribution in [0.15, 0.2) is 42.5 Å². The molecule has 0 atom stereocenters. The van der Waals surface area contributed by atoms with Gasteiger partial charge in [0.2, 0.25) is 0 Å². The molecule has 0 aliphatic heterocycles. The smallest absolute Gasteiger partial charge is 0.343 e. The van der Waals surface area contributed by atoms with Gasteiger partial charge in [0.15, 0.2) is 0 Å². The Morgan fingerprint density at radius 2 is 1.72 bits per heavy atom. The van der Waals surface area contributed by atoms with Gasteiger partial charge in [-0.05, 0) is 55.3 Å². The van der Waals surface area contributed by atoms with Crippen LogP contribution in [0.4, 0.5) is 4.39 Å². The first-order valence-corrected chi connectivity index (χ1v) is 5.61. The van der Waals surface area contributed by atoms with Gasteiger partial charge in [-0.15, -0.1) is 0 Å². The van der Waals surface area contributed by atoms with Gasteiger partial charge in [-0.2, -0.15) is 0 Å². The molecular formula is C15H13FO2. The standard InChI is InChI=1S/C15H13FO2/c1-10-3-4-11(2)14(9-10)18-15(17)12-5-7-13(16)8-6-12/h3-9H,1-2H3. The summed E-state index contributed by atoms with van der Waals surface area (Å²) in [6, 6.07) is 10.9. The lowest BCUT2D eigenvalue weighted by Crippen LogP contribution is -2.09. The molecule has 0 fully saturated rings. The molecule has 0 amide bonds. The number of hydrogen-bond donors (Lipinski definition) is 0. The summed E-state index contributed by atoms with van der Waals surface area (Å²) in [6.45, 7) is 3.79. The highest BCUT2D eigenvalue weighted by Gasteiger charge is 2.10. The molecule has 0 aliphatic rings. The molecular weight excluding hydrogens is 231 g/mol. The van der Waals surface area contributed by atoms with Crippen LogP contribution in [0.2, 0.25) is 0 Å². The zero-order chi connectivity index (χ0) is 13.1. The molecule has 0 unspecified atom stereocenters. The molecule has 2 rings (SSSR count). The predicted octanol–water partition coefficient (Wildman–Crippen LogP) is 3.66. The Hall–Kier alpha value is -2.16. The lowest BCUT2D eigenvalue weighted by atomic mass is 10.1. The number of rotatable bonds is 2. The van der Waals surface area contributed by atoms with Crippen molar-refractivity contribution in [3.8, 4) is 5.75 Å². The molecule has 0 radical (unpaired) electrons. The second kappa shape index (κ2) is 5.00. The predicted molar refractivity (Wildman–Crippen MR) is 67.3 cm³/mol. The molecule has 92 valence electrons. The summed E-state index contributed by atoms with van der Waals surface area (Å²) < 4.78 is 18.0. The number of hydrogen-bond acceptors (Lipinski definition) is 2. The van der Waals surface area contributed by atoms with E-state index in [9.17, 15) is 9.18 Å². The number of aryl methyl sites for hydroxylation is 2. The van der Waals surface area contributed by atoms with Crippen molar-refractivity contribution in [1.82, 2.24) is 0 Å². The van der Waals surface area contributed by atoms with Gasteiger partial charge in [-0.3, -0.25) is 0 Å². The van der Waals surface area contributed by atoms with Crippen molar-refractivity contribution in [1.29, 1.82) is 0 Å². The van der Waals surface area contributed by atoms with Gasteiger partial charge in [-0.1, -0.05) is 12.1 Å². The fraction of sp³-hybridized carbons (Fsp3) is 0.133. The molecule has 3 heteroatoms. The summed E-state index contributed by atoms with van der Waals surface area (Å²) in [4.78, 5) is 11.8. The quantitative estimate of drug-likeness (QED) is 0.595. The molecule has 0 aliphatic carbocycles. The molecule has 0 saturated carbocycles. The Bertz CT molecular complexity index is 574. The van der Waals surface area contributed by atoms with E-state index in [1.165, 1.54) is 24.3 Å². The highest BCUT2D eigenvalue weighted by Crippen LogP contribution is 2.20. The first-order valence-electron chi connectivity index (χ1n) is 5.61. The SMILES string of the molecule is Cc1ccc(C)c(OC(=O)c2ccc(F)cc2)c1. The molecule has 0 heterocycles. The minimum absolute atomic E-state index is 0.331. The number of benzene rings is 2. The summed E-state index contributed by atoms with van der Waals surface area (Å²) in [7, 11) is 0. The van der Waals surface area contributed by atoms with E-state index in [4.69, 9.17) is 4.74 Å². The zero-order valence-electron chi connectivity index (χ0n) is 10.2. The van der Waals surface area contributed by atoms with Crippen molar-refractivity contribution in [2.45, 2.75) is 13.8 Å². The van der Waals surface area contributed by atoms with Gasteiger partial charge in [0.05, 0.1) is 5.56 Å². The third-order valence-electron chi connectivity index (χ3n) is 2.63. The van der Waals surface area contributed by atoms with Crippen molar-refractivity contribution in [2.24, 2.45) is 0 Å². The van der Waals surface area contributed by atoms with Gasteiger partial charge in [0, 0.05) is 0 Å². The minimum Gasteiger partial charge on any atom is -0.423 e. The highest BCUT2D eigenvalue weighted by atomic mass is 19.1. The lowest BCUT2D eigenvalue weighted by molar-refractivity contribution is 0.0733. The number of ether oxygens (including phenoxy) is 1. The number of esters is 1. The summed E-state index contributed by atoms with van der Waals surface area (Å²) in [5, 5.41) is 0. The third-order valence-corrected chi connectivity index (χ3v) is 2.63. The van der Waals surface area contributed by atoms with E-state index in [1.54, 1.807) is 6.07 Å². The van der Waals surface area contributed by atoms with E-state index in [1.807, 2.05) is 26.0 Å². The molecule has 2 nitrogen and oxygen atoms in total. The van der Waals surface area contributed by atoms with Crippen LogP contribution >= 0.6 is 0 Å². The largest absolute Gasteiger partial charge is 0.423 e. The average molecular weight is 244 g/mol. The second-order valence-electron chi connectivity index (χ2n) is 4.17. The van der Waals surface area contributed by atoms with Crippen LogP contribution in [0.3, 0.4) is 0 Å². The van der Waals surface area contributed by atoms with Crippen LogP contribution in [-0.2, 0) is 0 Å². The summed E-state index contributed by atoms with van der Waals surface area (Å²) in [6.07, 6.45) is 0. The Balaban J connectivity index is 2.21. The van der Waals surface area contributed by atoms with Crippen molar-refractivity contribution >= 4 is 5.97 Å². The first-order chi connectivity index (χ1) is 8.56. The normalized spacial score (nSPS) is 10.2. The van der Waals surface area contributed by atoms with Gasteiger partial charge >= 0.3 is 5.97 Å². The maximum absolute atomic E-state index is 12.7. The number of carbonyl (C=O) groups is 1. The molecule has 0 aromatic heterocycles. The molecule has 0 saturated heterocycles. The number of carbonyl (C=O) groups excluding carboxylic acids is 1. The first kappa shape index (κ1) is 12.3. The van der Waals surface area contributed by atoms with Crippen molar-refractivity contribution in [3.63, 3.8) is 0 Å². The van der Waals surface area contributed by atoms with Gasteiger partial charge in [0.1, 0.15) is 11.6 Å². The third kappa shape index (κ3) is 2.74. The van der Waals surface area contributed by atoms with Crippen LogP contribution in [0.25, 0.3) is 0 Å². The fourth-order valence-corrected chi connectivity index (χ4v) is 1.56. The maximum atomic E-state index is 12.7. The van der Waals surface area contributed by atoms with Crippen LogP contribution in [0, 0.1) is 19.7 Å². The minimum atomic E-state index is -0.483. The van der Waals surface area contributed by atoms with Gasteiger partial charge in [-0.25, -0.2) is 9.18 Å². The van der Waals surface area contributed by atoms with Crippen molar-refractivity contribution in [2.75, 3.05) is 0 Å². The Kier molecular flexibility index (Phi) is 3.42. The monoisotopic (exact) mass is 244 g/mol. The van der Waals surface area contributed by atoms with E-state index >= 15 is 0 Å². The molecule has 0 N–H and O–H groups in total. The highest BCUT2D eigenvalue weighted by molar-refractivity contribution is 5.91. The molecule has 0 spiro atoms. The summed E-state index contributed by atoms with van der Waals surface area (Å²) in [5.74, 6) is -0.327. The maximum Gasteiger partial charge on any atom is 0.343 e. The topological polar surface area (TPSA) is 26.3 Å². The van der Waals surface area contributed by atoms with Crippen LogP contribution in [0.1, 0.15) is 21.5 Å². The molecule has 0 bridgehead atoms. The molecule has 2 aromatic carbocycles. The Labute approximate surface area is 105 Å². The Morgan fingerprint density at radius 1 is 1.06 bits per heavy atom. The molecule has 2 aromatic rings. The van der Waals surface area contributed by atoms with E-state index in [0.29, 0.717) is 11.3 Å². The van der Waals surface area contributed by atoms with Gasteiger partial charge < -0.3 is 4.74 Å².